The molecule has 2 aromatic rings. The largest absolute Gasteiger partial charge is 0.497 e. The number of nitrogen functional groups attached to an aromatic ring is 1. The van der Waals surface area contributed by atoms with Crippen LogP contribution in [0.2, 0.25) is 5.02 Å². The predicted molar refractivity (Wildman–Crippen MR) is 72.2 cm³/mol. The summed E-state index contributed by atoms with van der Waals surface area (Å²) in [6.07, 6.45) is 0. The van der Waals surface area contributed by atoms with E-state index in [9.17, 15) is 9.18 Å². The molecule has 3 nitrogen and oxygen atoms in total. The molecule has 98 valence electrons. The summed E-state index contributed by atoms with van der Waals surface area (Å²) in [5.41, 5.74) is 5.84. The van der Waals surface area contributed by atoms with E-state index < -0.39 is 5.82 Å². The van der Waals surface area contributed by atoms with Gasteiger partial charge in [0.25, 0.3) is 0 Å². The highest BCUT2D eigenvalue weighted by molar-refractivity contribution is 6.35. The van der Waals surface area contributed by atoms with E-state index in [-0.39, 0.29) is 27.6 Å². The maximum atomic E-state index is 13.3. The fourth-order valence-corrected chi connectivity index (χ4v) is 1.89. The van der Waals surface area contributed by atoms with Gasteiger partial charge in [0.1, 0.15) is 11.6 Å². The number of ether oxygens (including phenoxy) is 1. The number of nitrogens with two attached hydrogens (primary N) is 1. The number of halogens is 2. The predicted octanol–water partition coefficient (Wildman–Crippen LogP) is 3.30. The lowest BCUT2D eigenvalue weighted by molar-refractivity contribution is 0.103. The van der Waals surface area contributed by atoms with E-state index in [0.29, 0.717) is 5.75 Å². The lowest BCUT2D eigenvalue weighted by Gasteiger charge is -2.07. The maximum Gasteiger partial charge on any atom is 0.194 e. The minimum absolute atomic E-state index is 0.00243. The Hall–Kier alpha value is -2.07. The molecule has 5 heteroatoms. The quantitative estimate of drug-likeness (QED) is 0.693. The molecule has 0 radical (unpaired) electrons. The van der Waals surface area contributed by atoms with Gasteiger partial charge in [0, 0.05) is 11.1 Å². The van der Waals surface area contributed by atoms with Crippen LogP contribution >= 0.6 is 11.6 Å². The minimum Gasteiger partial charge on any atom is -0.497 e. The van der Waals surface area contributed by atoms with Crippen LogP contribution in [-0.2, 0) is 0 Å². The number of anilines is 1. The third kappa shape index (κ3) is 2.69. The van der Waals surface area contributed by atoms with E-state index in [1.54, 1.807) is 6.07 Å². The van der Waals surface area contributed by atoms with Gasteiger partial charge in [-0.1, -0.05) is 11.6 Å². The molecule has 0 aliphatic rings. The van der Waals surface area contributed by atoms with E-state index in [1.165, 1.54) is 31.4 Å². The van der Waals surface area contributed by atoms with Crippen LogP contribution in [0.3, 0.4) is 0 Å². The lowest BCUT2D eigenvalue weighted by Crippen LogP contribution is -2.04. The third-order valence-electron chi connectivity index (χ3n) is 2.68. The van der Waals surface area contributed by atoms with Crippen LogP contribution in [0.25, 0.3) is 0 Å². The van der Waals surface area contributed by atoms with Crippen LogP contribution in [0, 0.1) is 5.82 Å². The highest BCUT2D eigenvalue weighted by Gasteiger charge is 2.14. The Bertz CT molecular complexity index is 643. The van der Waals surface area contributed by atoms with E-state index >= 15 is 0 Å². The summed E-state index contributed by atoms with van der Waals surface area (Å²) in [5, 5.41) is 0.251. The van der Waals surface area contributed by atoms with Crippen molar-refractivity contribution in [2.45, 2.75) is 0 Å². The summed E-state index contributed by atoms with van der Waals surface area (Å²) in [4.78, 5) is 12.2. The first-order valence-electron chi connectivity index (χ1n) is 5.46. The van der Waals surface area contributed by atoms with Gasteiger partial charge in [0.2, 0.25) is 0 Å². The fraction of sp³-hybridized carbons (Fsp3) is 0.0714. The Labute approximate surface area is 114 Å². The minimum atomic E-state index is -0.629. The van der Waals surface area contributed by atoms with E-state index in [1.807, 2.05) is 0 Å². The summed E-state index contributed by atoms with van der Waals surface area (Å²) in [7, 11) is 1.50. The van der Waals surface area contributed by atoms with Crippen LogP contribution in [0.1, 0.15) is 15.9 Å². The molecule has 0 saturated carbocycles. The fourth-order valence-electron chi connectivity index (χ4n) is 1.63. The number of hydrogen-bond donors (Lipinski definition) is 1. The average Bonchev–Trinajstić information content (AvgIpc) is 2.41. The maximum absolute atomic E-state index is 13.3. The Morgan fingerprint density at radius 2 is 2.00 bits per heavy atom. The average molecular weight is 280 g/mol. The van der Waals surface area contributed by atoms with Gasteiger partial charge in [-0.2, -0.15) is 0 Å². The van der Waals surface area contributed by atoms with Gasteiger partial charge in [-0.3, -0.25) is 4.79 Å². The lowest BCUT2D eigenvalue weighted by atomic mass is 10.0. The molecule has 0 spiro atoms. The van der Waals surface area contributed by atoms with Crippen molar-refractivity contribution in [2.75, 3.05) is 12.8 Å². The van der Waals surface area contributed by atoms with Crippen molar-refractivity contribution in [1.82, 2.24) is 0 Å². The van der Waals surface area contributed by atoms with E-state index in [2.05, 4.69) is 0 Å². The van der Waals surface area contributed by atoms with Crippen molar-refractivity contribution in [1.29, 1.82) is 0 Å². The van der Waals surface area contributed by atoms with Gasteiger partial charge >= 0.3 is 0 Å². The first-order chi connectivity index (χ1) is 9.02. The number of hydrogen-bond acceptors (Lipinski definition) is 3. The molecule has 2 aromatic carbocycles. The first-order valence-corrected chi connectivity index (χ1v) is 5.84. The molecule has 19 heavy (non-hydrogen) atoms. The second-order valence-electron chi connectivity index (χ2n) is 3.91. The summed E-state index contributed by atoms with van der Waals surface area (Å²) < 4.78 is 18.3. The molecule has 0 aliphatic heterocycles. The molecule has 0 fully saturated rings. The van der Waals surface area contributed by atoms with Crippen LogP contribution in [0.5, 0.6) is 5.75 Å². The molecule has 0 bridgehead atoms. The standard InChI is InChI=1S/C14H11ClFNO2/c1-19-9-3-4-10(11(15)7-9)14(18)8-2-5-13(17)12(16)6-8/h2-7H,17H2,1H3. The van der Waals surface area contributed by atoms with Gasteiger partial charge in [-0.15, -0.1) is 0 Å². The molecule has 0 aliphatic carbocycles. The van der Waals surface area contributed by atoms with E-state index in [0.717, 1.165) is 6.07 Å². The molecule has 0 saturated heterocycles. The van der Waals surface area contributed by atoms with Crippen molar-refractivity contribution >= 4 is 23.1 Å². The van der Waals surface area contributed by atoms with Crippen molar-refractivity contribution < 1.29 is 13.9 Å². The second-order valence-corrected chi connectivity index (χ2v) is 4.32. The van der Waals surface area contributed by atoms with Crippen molar-refractivity contribution in [3.63, 3.8) is 0 Å². The van der Waals surface area contributed by atoms with E-state index in [4.69, 9.17) is 22.1 Å². The molecule has 2 N–H and O–H groups in total. The highest BCUT2D eigenvalue weighted by Crippen LogP contribution is 2.25. The second kappa shape index (κ2) is 5.28. The van der Waals surface area contributed by atoms with Gasteiger partial charge in [0.15, 0.2) is 5.78 Å². The SMILES string of the molecule is COc1ccc(C(=O)c2ccc(N)c(F)c2)c(Cl)c1. The van der Waals surface area contributed by atoms with Gasteiger partial charge in [-0.05, 0) is 36.4 Å². The molecule has 2 rings (SSSR count). The molecule has 0 aromatic heterocycles. The molecule has 0 unspecified atom stereocenters. The van der Waals surface area contributed by atoms with Gasteiger partial charge < -0.3 is 10.5 Å². The number of rotatable bonds is 3. The monoisotopic (exact) mass is 279 g/mol. The molecule has 0 atom stereocenters. The Morgan fingerprint density at radius 1 is 1.26 bits per heavy atom. The van der Waals surface area contributed by atoms with Gasteiger partial charge in [-0.25, -0.2) is 4.39 Å². The first kappa shape index (κ1) is 13.4. The van der Waals surface area contributed by atoms with Crippen molar-refractivity contribution in [3.05, 3.63) is 58.4 Å². The third-order valence-corrected chi connectivity index (χ3v) is 3.00. The zero-order valence-corrected chi connectivity index (χ0v) is 10.9. The zero-order valence-electron chi connectivity index (χ0n) is 10.1. The summed E-state index contributed by atoms with van der Waals surface area (Å²) in [6.45, 7) is 0. The Morgan fingerprint density at radius 3 is 2.58 bits per heavy atom. The molecule has 0 amide bonds. The number of ketones is 1. The number of carbonyl (C=O) groups is 1. The summed E-state index contributed by atoms with van der Waals surface area (Å²) in [5.74, 6) is -0.452. The topological polar surface area (TPSA) is 52.3 Å². The molecular formula is C14H11ClFNO2. The van der Waals surface area contributed by atoms with Crippen molar-refractivity contribution in [3.8, 4) is 5.75 Å². The van der Waals surface area contributed by atoms with Gasteiger partial charge in [0.05, 0.1) is 17.8 Å². The van der Waals surface area contributed by atoms with Crippen LogP contribution in [-0.4, -0.2) is 12.9 Å². The van der Waals surface area contributed by atoms with Crippen LogP contribution in [0.4, 0.5) is 10.1 Å². The molecular weight excluding hydrogens is 269 g/mol. The normalized spacial score (nSPS) is 10.3. The van der Waals surface area contributed by atoms with Crippen LogP contribution < -0.4 is 10.5 Å². The zero-order chi connectivity index (χ0) is 14.0. The summed E-state index contributed by atoms with van der Waals surface area (Å²) >= 11 is 6.00. The van der Waals surface area contributed by atoms with Crippen LogP contribution in [0.15, 0.2) is 36.4 Å². The highest BCUT2D eigenvalue weighted by atomic mass is 35.5. The number of benzene rings is 2. The molecule has 0 heterocycles. The van der Waals surface area contributed by atoms with Crippen molar-refractivity contribution in [2.24, 2.45) is 0 Å². The summed E-state index contributed by atoms with van der Waals surface area (Å²) in [6, 6.07) is 8.59. The smallest absolute Gasteiger partial charge is 0.194 e. The number of carbonyl (C=O) groups excluding carboxylic acids is 1. The Balaban J connectivity index is 2.41. The number of methoxy groups -OCH3 is 1. The Kier molecular flexibility index (Phi) is 3.71.